The number of fused-ring (bicyclic) bond motifs is 1. The van der Waals surface area contributed by atoms with Gasteiger partial charge in [0.25, 0.3) is 0 Å². The quantitative estimate of drug-likeness (QED) is 0.900. The summed E-state index contributed by atoms with van der Waals surface area (Å²) in [6.45, 7) is 3.07. The Bertz CT molecular complexity index is 779. The molecule has 1 aliphatic rings. The Hall–Kier alpha value is -3.02. The van der Waals surface area contributed by atoms with Crippen LogP contribution in [0.2, 0.25) is 0 Å². The second-order valence-corrected chi connectivity index (χ2v) is 6.00. The van der Waals surface area contributed by atoms with Gasteiger partial charge in [-0.2, -0.15) is 0 Å². The van der Waals surface area contributed by atoms with Crippen molar-refractivity contribution in [1.29, 1.82) is 0 Å². The normalized spacial score (nSPS) is 12.5. The average Bonchev–Trinajstić information content (AvgIpc) is 3.03. The van der Waals surface area contributed by atoms with Gasteiger partial charge in [0.15, 0.2) is 0 Å². The van der Waals surface area contributed by atoms with Crippen LogP contribution in [0.5, 0.6) is 5.75 Å². The maximum Gasteiger partial charge on any atom is 0.318 e. The summed E-state index contributed by atoms with van der Waals surface area (Å²) in [7, 11) is 1.55. The minimum atomic E-state index is -0.172. The topological polar surface area (TPSA) is 70.7 Å². The molecule has 6 nitrogen and oxygen atoms in total. The van der Waals surface area contributed by atoms with Gasteiger partial charge in [-0.1, -0.05) is 30.3 Å². The third-order valence-corrected chi connectivity index (χ3v) is 4.15. The van der Waals surface area contributed by atoms with Crippen LogP contribution in [0.1, 0.15) is 23.6 Å². The number of methoxy groups -OCH3 is 1. The molecule has 3 amide bonds. The monoisotopic (exact) mass is 339 g/mol. The first-order chi connectivity index (χ1) is 12.1. The van der Waals surface area contributed by atoms with Gasteiger partial charge in [-0.25, -0.2) is 4.79 Å². The maximum atomic E-state index is 12.4. The zero-order valence-electron chi connectivity index (χ0n) is 14.3. The van der Waals surface area contributed by atoms with E-state index < -0.39 is 0 Å². The van der Waals surface area contributed by atoms with Gasteiger partial charge < -0.3 is 20.3 Å². The lowest BCUT2D eigenvalue weighted by Gasteiger charge is -2.17. The van der Waals surface area contributed by atoms with Crippen molar-refractivity contribution in [3.8, 4) is 5.75 Å². The SMILES string of the molecule is COc1ccc(CNC(=O)N2Cc3ccccc3C2)cc1NC(C)=O. The molecule has 0 unspecified atom stereocenters. The highest BCUT2D eigenvalue weighted by Crippen LogP contribution is 2.26. The zero-order chi connectivity index (χ0) is 17.8. The van der Waals surface area contributed by atoms with E-state index in [4.69, 9.17) is 4.74 Å². The fourth-order valence-corrected chi connectivity index (χ4v) is 2.92. The van der Waals surface area contributed by atoms with E-state index in [9.17, 15) is 9.59 Å². The second kappa shape index (κ2) is 7.25. The number of anilines is 1. The molecule has 0 aromatic heterocycles. The van der Waals surface area contributed by atoms with E-state index in [0.717, 1.165) is 5.56 Å². The first-order valence-corrected chi connectivity index (χ1v) is 8.11. The van der Waals surface area contributed by atoms with Gasteiger partial charge in [0.2, 0.25) is 5.91 Å². The molecule has 2 aromatic carbocycles. The summed E-state index contributed by atoms with van der Waals surface area (Å²) in [5, 5.41) is 5.66. The van der Waals surface area contributed by atoms with Crippen molar-refractivity contribution >= 4 is 17.6 Å². The van der Waals surface area contributed by atoms with Crippen LogP contribution in [0.25, 0.3) is 0 Å². The second-order valence-electron chi connectivity index (χ2n) is 6.00. The number of carbonyl (C=O) groups is 2. The molecule has 0 saturated heterocycles. The molecule has 130 valence electrons. The standard InChI is InChI=1S/C19H21N3O3/c1-13(23)21-17-9-14(7-8-18(17)25-2)10-20-19(24)22-11-15-5-3-4-6-16(15)12-22/h3-9H,10-12H2,1-2H3,(H,20,24)(H,21,23). The molecule has 3 rings (SSSR count). The molecule has 25 heavy (non-hydrogen) atoms. The Balaban J connectivity index is 1.62. The molecule has 1 aliphatic heterocycles. The number of urea groups is 1. The summed E-state index contributed by atoms with van der Waals surface area (Å²) >= 11 is 0. The molecular weight excluding hydrogens is 318 g/mol. The van der Waals surface area contributed by atoms with E-state index >= 15 is 0 Å². The van der Waals surface area contributed by atoms with Gasteiger partial charge >= 0.3 is 6.03 Å². The van der Waals surface area contributed by atoms with Crippen molar-refractivity contribution in [3.05, 3.63) is 59.2 Å². The Labute approximate surface area is 146 Å². The Morgan fingerprint density at radius 2 is 1.80 bits per heavy atom. The van der Waals surface area contributed by atoms with Gasteiger partial charge in [-0.05, 0) is 28.8 Å². The van der Waals surface area contributed by atoms with E-state index in [1.807, 2.05) is 30.3 Å². The third-order valence-electron chi connectivity index (χ3n) is 4.15. The average molecular weight is 339 g/mol. The number of ether oxygens (including phenoxy) is 1. The maximum absolute atomic E-state index is 12.4. The summed E-state index contributed by atoms with van der Waals surface area (Å²) < 4.78 is 5.23. The lowest BCUT2D eigenvalue weighted by Crippen LogP contribution is -2.36. The fourth-order valence-electron chi connectivity index (χ4n) is 2.92. The summed E-state index contributed by atoms with van der Waals surface area (Å²) in [5.74, 6) is 0.412. The smallest absolute Gasteiger partial charge is 0.318 e. The van der Waals surface area contributed by atoms with Crippen molar-refractivity contribution in [2.24, 2.45) is 0 Å². The van der Waals surface area contributed by atoms with Crippen molar-refractivity contribution in [2.45, 2.75) is 26.6 Å². The van der Waals surface area contributed by atoms with Crippen LogP contribution in [-0.4, -0.2) is 23.9 Å². The van der Waals surface area contributed by atoms with Gasteiger partial charge in [0.05, 0.1) is 12.8 Å². The Kier molecular flexibility index (Phi) is 4.88. The lowest BCUT2D eigenvalue weighted by atomic mass is 10.1. The number of carbonyl (C=O) groups excluding carboxylic acids is 2. The molecular formula is C19H21N3O3. The summed E-state index contributed by atoms with van der Waals surface area (Å²) in [4.78, 5) is 25.5. The predicted octanol–water partition coefficient (Wildman–Crippen LogP) is 2.88. The highest BCUT2D eigenvalue weighted by atomic mass is 16.5. The van der Waals surface area contributed by atoms with Crippen LogP contribution in [0.4, 0.5) is 10.5 Å². The number of nitrogens with zero attached hydrogens (tertiary/aromatic N) is 1. The van der Waals surface area contributed by atoms with Crippen LogP contribution < -0.4 is 15.4 Å². The molecule has 1 heterocycles. The minimum Gasteiger partial charge on any atom is -0.495 e. The number of benzene rings is 2. The Morgan fingerprint density at radius 3 is 2.40 bits per heavy atom. The molecule has 0 aliphatic carbocycles. The van der Waals surface area contributed by atoms with Gasteiger partial charge in [0.1, 0.15) is 5.75 Å². The minimum absolute atomic E-state index is 0.104. The number of rotatable bonds is 4. The molecule has 0 spiro atoms. The van der Waals surface area contributed by atoms with E-state index in [1.165, 1.54) is 18.1 Å². The molecule has 0 bridgehead atoms. The molecule has 2 N–H and O–H groups in total. The summed E-state index contributed by atoms with van der Waals surface area (Å²) in [5.41, 5.74) is 3.86. The molecule has 2 aromatic rings. The first-order valence-electron chi connectivity index (χ1n) is 8.11. The van der Waals surface area contributed by atoms with E-state index in [1.54, 1.807) is 24.1 Å². The third kappa shape index (κ3) is 3.91. The highest BCUT2D eigenvalue weighted by molar-refractivity contribution is 5.90. The van der Waals surface area contributed by atoms with Crippen LogP contribution >= 0.6 is 0 Å². The van der Waals surface area contributed by atoms with Crippen LogP contribution in [0.3, 0.4) is 0 Å². The van der Waals surface area contributed by atoms with Gasteiger partial charge in [-0.15, -0.1) is 0 Å². The highest BCUT2D eigenvalue weighted by Gasteiger charge is 2.22. The fraction of sp³-hybridized carbons (Fsp3) is 0.263. The number of hydrogen-bond donors (Lipinski definition) is 2. The zero-order valence-corrected chi connectivity index (χ0v) is 14.3. The Morgan fingerprint density at radius 1 is 1.12 bits per heavy atom. The van der Waals surface area contributed by atoms with E-state index in [0.29, 0.717) is 31.1 Å². The van der Waals surface area contributed by atoms with Crippen molar-refractivity contribution in [2.75, 3.05) is 12.4 Å². The van der Waals surface area contributed by atoms with Crippen LogP contribution in [0, 0.1) is 0 Å². The van der Waals surface area contributed by atoms with Crippen LogP contribution in [-0.2, 0) is 24.4 Å². The van der Waals surface area contributed by atoms with Crippen molar-refractivity contribution in [1.82, 2.24) is 10.2 Å². The number of nitrogens with one attached hydrogen (secondary N) is 2. The van der Waals surface area contributed by atoms with Gasteiger partial charge in [-0.3, -0.25) is 4.79 Å². The summed E-state index contributed by atoms with van der Waals surface area (Å²) in [6.07, 6.45) is 0. The predicted molar refractivity (Wildman–Crippen MR) is 95.2 cm³/mol. The molecule has 0 fully saturated rings. The van der Waals surface area contributed by atoms with Crippen molar-refractivity contribution < 1.29 is 14.3 Å². The van der Waals surface area contributed by atoms with Crippen molar-refractivity contribution in [3.63, 3.8) is 0 Å². The molecule has 0 radical (unpaired) electrons. The first kappa shape index (κ1) is 16.8. The molecule has 6 heteroatoms. The van der Waals surface area contributed by atoms with Crippen LogP contribution in [0.15, 0.2) is 42.5 Å². The molecule has 0 saturated carbocycles. The van der Waals surface area contributed by atoms with E-state index in [-0.39, 0.29) is 11.9 Å². The summed E-state index contributed by atoms with van der Waals surface area (Å²) in [6, 6.07) is 13.4. The number of hydrogen-bond acceptors (Lipinski definition) is 3. The lowest BCUT2D eigenvalue weighted by molar-refractivity contribution is -0.114. The molecule has 0 atom stereocenters. The van der Waals surface area contributed by atoms with Gasteiger partial charge in [0, 0.05) is 26.6 Å². The largest absolute Gasteiger partial charge is 0.495 e. The number of amides is 3. The van der Waals surface area contributed by atoms with E-state index in [2.05, 4.69) is 10.6 Å².